The highest BCUT2D eigenvalue weighted by molar-refractivity contribution is 6.01. The van der Waals surface area contributed by atoms with E-state index in [2.05, 4.69) is 11.1 Å². The fourth-order valence-corrected chi connectivity index (χ4v) is 2.86. The molecule has 2 aromatic rings. The van der Waals surface area contributed by atoms with Crippen LogP contribution in [0.5, 0.6) is 0 Å². The molecule has 0 bridgehead atoms. The molecule has 0 amide bonds. The smallest absolute Gasteiger partial charge is 0.171 e. The summed E-state index contributed by atoms with van der Waals surface area (Å²) in [6, 6.07) is 11.9. The Balaban J connectivity index is 1.98. The first kappa shape index (κ1) is 12.1. The number of nitrogens with zero attached hydrogens (tertiary/aromatic N) is 1. The molecule has 2 heteroatoms. The standard InChI is InChI=1S/C17H17NO/c1-12-5-2-7-14(11-12)17(19)15-9-3-6-13-8-4-10-18-16(13)15/h2,4-5,7-8,10-11,15H,3,6,9H2,1H3. The molecular formula is C17H17NO. The number of carbonyl (C=O) groups excluding carboxylic acids is 1. The molecule has 96 valence electrons. The van der Waals surface area contributed by atoms with Gasteiger partial charge in [-0.05, 0) is 43.9 Å². The number of benzene rings is 1. The van der Waals surface area contributed by atoms with Gasteiger partial charge in [-0.1, -0.05) is 29.8 Å². The van der Waals surface area contributed by atoms with Gasteiger partial charge in [0.1, 0.15) is 0 Å². The zero-order chi connectivity index (χ0) is 13.2. The highest BCUT2D eigenvalue weighted by Gasteiger charge is 2.28. The predicted molar refractivity (Wildman–Crippen MR) is 75.4 cm³/mol. The second kappa shape index (κ2) is 4.96. The van der Waals surface area contributed by atoms with Gasteiger partial charge < -0.3 is 0 Å². The fraction of sp³-hybridized carbons (Fsp3) is 0.294. The van der Waals surface area contributed by atoms with E-state index >= 15 is 0 Å². The van der Waals surface area contributed by atoms with E-state index in [0.717, 1.165) is 36.1 Å². The van der Waals surface area contributed by atoms with Crippen LogP contribution in [0, 0.1) is 6.92 Å². The Bertz CT molecular complexity index is 618. The Morgan fingerprint density at radius 2 is 2.16 bits per heavy atom. The Morgan fingerprint density at radius 3 is 3.00 bits per heavy atom. The molecule has 0 saturated carbocycles. The molecule has 1 atom stereocenters. The van der Waals surface area contributed by atoms with Gasteiger partial charge in [0.05, 0.1) is 11.6 Å². The molecule has 1 heterocycles. The Labute approximate surface area is 113 Å². The van der Waals surface area contributed by atoms with Gasteiger partial charge in [-0.25, -0.2) is 0 Å². The zero-order valence-electron chi connectivity index (χ0n) is 11.1. The number of Topliss-reactive ketones (excluding diaryl/α,β-unsaturated/α-hetero) is 1. The highest BCUT2D eigenvalue weighted by Crippen LogP contribution is 2.32. The van der Waals surface area contributed by atoms with E-state index in [-0.39, 0.29) is 11.7 Å². The summed E-state index contributed by atoms with van der Waals surface area (Å²) >= 11 is 0. The summed E-state index contributed by atoms with van der Waals surface area (Å²) in [6.45, 7) is 2.02. The number of aromatic nitrogens is 1. The van der Waals surface area contributed by atoms with Gasteiger partial charge in [-0.3, -0.25) is 9.78 Å². The lowest BCUT2D eigenvalue weighted by Crippen LogP contribution is -2.20. The molecule has 0 aliphatic heterocycles. The molecule has 2 nitrogen and oxygen atoms in total. The first-order valence-corrected chi connectivity index (χ1v) is 6.80. The Morgan fingerprint density at radius 1 is 1.26 bits per heavy atom. The zero-order valence-corrected chi connectivity index (χ0v) is 11.1. The van der Waals surface area contributed by atoms with Gasteiger partial charge >= 0.3 is 0 Å². The van der Waals surface area contributed by atoms with Crippen molar-refractivity contribution in [2.75, 3.05) is 0 Å². The molecule has 0 fully saturated rings. The number of fused-ring (bicyclic) bond motifs is 1. The molecule has 0 saturated heterocycles. The third-order valence-corrected chi connectivity index (χ3v) is 3.81. The lowest BCUT2D eigenvalue weighted by molar-refractivity contribution is 0.0949. The van der Waals surface area contributed by atoms with Crippen molar-refractivity contribution in [3.8, 4) is 0 Å². The Kier molecular flexibility index (Phi) is 3.16. The van der Waals surface area contributed by atoms with Crippen LogP contribution < -0.4 is 0 Å². The van der Waals surface area contributed by atoms with Crippen molar-refractivity contribution in [1.82, 2.24) is 4.98 Å². The maximum atomic E-state index is 12.7. The quantitative estimate of drug-likeness (QED) is 0.762. The largest absolute Gasteiger partial charge is 0.293 e. The summed E-state index contributed by atoms with van der Waals surface area (Å²) in [4.78, 5) is 17.1. The minimum atomic E-state index is -0.0632. The van der Waals surface area contributed by atoms with Crippen LogP contribution in [-0.4, -0.2) is 10.8 Å². The average molecular weight is 251 g/mol. The predicted octanol–water partition coefficient (Wildman–Crippen LogP) is 3.69. The summed E-state index contributed by atoms with van der Waals surface area (Å²) in [5.41, 5.74) is 4.16. The van der Waals surface area contributed by atoms with Crippen molar-refractivity contribution in [2.45, 2.75) is 32.1 Å². The number of pyridine rings is 1. The number of carbonyl (C=O) groups is 1. The minimum Gasteiger partial charge on any atom is -0.293 e. The van der Waals surface area contributed by atoms with E-state index in [1.807, 2.05) is 37.3 Å². The fourth-order valence-electron chi connectivity index (χ4n) is 2.86. The number of hydrogen-bond donors (Lipinski definition) is 0. The lowest BCUT2D eigenvalue weighted by atomic mass is 9.82. The number of hydrogen-bond acceptors (Lipinski definition) is 2. The SMILES string of the molecule is Cc1cccc(C(=O)C2CCCc3cccnc32)c1. The molecule has 0 N–H and O–H groups in total. The van der Waals surface area contributed by atoms with Gasteiger partial charge in [0.15, 0.2) is 5.78 Å². The van der Waals surface area contributed by atoms with Crippen molar-refractivity contribution in [2.24, 2.45) is 0 Å². The molecule has 0 radical (unpaired) electrons. The van der Waals surface area contributed by atoms with E-state index in [4.69, 9.17) is 0 Å². The van der Waals surface area contributed by atoms with Crippen LogP contribution in [0.3, 0.4) is 0 Å². The van der Waals surface area contributed by atoms with E-state index < -0.39 is 0 Å². The maximum Gasteiger partial charge on any atom is 0.171 e. The molecule has 0 spiro atoms. The summed E-state index contributed by atoms with van der Waals surface area (Å²) in [7, 11) is 0. The van der Waals surface area contributed by atoms with Crippen LogP contribution in [0.1, 0.15) is 45.9 Å². The highest BCUT2D eigenvalue weighted by atomic mass is 16.1. The molecule has 1 aromatic carbocycles. The van der Waals surface area contributed by atoms with Crippen LogP contribution in [0.15, 0.2) is 42.6 Å². The molecule has 1 aromatic heterocycles. The third-order valence-electron chi connectivity index (χ3n) is 3.81. The van der Waals surface area contributed by atoms with Crippen molar-refractivity contribution in [3.63, 3.8) is 0 Å². The monoisotopic (exact) mass is 251 g/mol. The van der Waals surface area contributed by atoms with Crippen LogP contribution >= 0.6 is 0 Å². The van der Waals surface area contributed by atoms with E-state index in [9.17, 15) is 4.79 Å². The molecule has 1 unspecified atom stereocenters. The van der Waals surface area contributed by atoms with Crippen molar-refractivity contribution in [1.29, 1.82) is 0 Å². The molecule has 1 aliphatic carbocycles. The summed E-state index contributed by atoms with van der Waals surface area (Å²) < 4.78 is 0. The number of ketones is 1. The molecule has 3 rings (SSSR count). The first-order chi connectivity index (χ1) is 9.25. The van der Waals surface area contributed by atoms with Gasteiger partial charge in [-0.2, -0.15) is 0 Å². The van der Waals surface area contributed by atoms with E-state index in [1.54, 1.807) is 6.20 Å². The number of rotatable bonds is 2. The third kappa shape index (κ3) is 2.30. The van der Waals surface area contributed by atoms with E-state index in [0.29, 0.717) is 0 Å². The average Bonchev–Trinajstić information content (AvgIpc) is 2.46. The van der Waals surface area contributed by atoms with Crippen LogP contribution in [0.25, 0.3) is 0 Å². The van der Waals surface area contributed by atoms with Gasteiger partial charge in [0.25, 0.3) is 0 Å². The maximum absolute atomic E-state index is 12.7. The van der Waals surface area contributed by atoms with Gasteiger partial charge in [0, 0.05) is 11.8 Å². The van der Waals surface area contributed by atoms with E-state index in [1.165, 1.54) is 5.56 Å². The first-order valence-electron chi connectivity index (χ1n) is 6.80. The van der Waals surface area contributed by atoms with Crippen LogP contribution in [0.4, 0.5) is 0 Å². The van der Waals surface area contributed by atoms with Crippen LogP contribution in [-0.2, 0) is 6.42 Å². The summed E-state index contributed by atoms with van der Waals surface area (Å²) in [5, 5.41) is 0. The molecule has 19 heavy (non-hydrogen) atoms. The normalized spacial score (nSPS) is 17.8. The van der Waals surface area contributed by atoms with Gasteiger partial charge in [0.2, 0.25) is 0 Å². The van der Waals surface area contributed by atoms with Crippen molar-refractivity contribution >= 4 is 5.78 Å². The molecular weight excluding hydrogens is 234 g/mol. The van der Waals surface area contributed by atoms with Crippen LogP contribution in [0.2, 0.25) is 0 Å². The topological polar surface area (TPSA) is 30.0 Å². The second-order valence-electron chi connectivity index (χ2n) is 5.23. The molecule has 1 aliphatic rings. The number of aryl methyl sites for hydroxylation is 2. The van der Waals surface area contributed by atoms with Gasteiger partial charge in [-0.15, -0.1) is 0 Å². The van der Waals surface area contributed by atoms with Crippen molar-refractivity contribution in [3.05, 3.63) is 65.0 Å². The summed E-state index contributed by atoms with van der Waals surface area (Å²) in [5.74, 6) is 0.148. The summed E-state index contributed by atoms with van der Waals surface area (Å²) in [6.07, 6.45) is 4.82. The minimum absolute atomic E-state index is 0.0632. The second-order valence-corrected chi connectivity index (χ2v) is 5.23. The lowest BCUT2D eigenvalue weighted by Gasteiger charge is -2.23. The van der Waals surface area contributed by atoms with Crippen molar-refractivity contribution < 1.29 is 4.79 Å². The Hall–Kier alpha value is -1.96.